The van der Waals surface area contributed by atoms with E-state index in [0.29, 0.717) is 37.7 Å². The molecule has 2 aromatic rings. The van der Waals surface area contributed by atoms with Crippen LogP contribution in [-0.4, -0.2) is 47.8 Å². The van der Waals surface area contributed by atoms with Crippen LogP contribution in [0.2, 0.25) is 0 Å². The molecule has 1 atom stereocenters. The zero-order valence-corrected chi connectivity index (χ0v) is 15.9. The van der Waals surface area contributed by atoms with Crippen LogP contribution < -0.4 is 0 Å². The summed E-state index contributed by atoms with van der Waals surface area (Å²) in [6, 6.07) is 13.6. The molecule has 5 rings (SSSR count). The molecule has 1 fully saturated rings. The summed E-state index contributed by atoms with van der Waals surface area (Å²) in [5.41, 5.74) is 5.63. The molecule has 0 N–H and O–H groups in total. The maximum absolute atomic E-state index is 13.3. The second-order valence-electron chi connectivity index (χ2n) is 7.89. The summed E-state index contributed by atoms with van der Waals surface area (Å²) < 4.78 is 0. The molecule has 0 saturated carbocycles. The molecule has 0 radical (unpaired) electrons. The van der Waals surface area contributed by atoms with Crippen LogP contribution in [0.1, 0.15) is 49.7 Å². The number of nitrogens with zero attached hydrogens (tertiary/aromatic N) is 2. The van der Waals surface area contributed by atoms with E-state index in [2.05, 4.69) is 18.2 Å². The maximum Gasteiger partial charge on any atom is 0.254 e. The highest BCUT2D eigenvalue weighted by Gasteiger charge is 2.31. The van der Waals surface area contributed by atoms with Crippen molar-refractivity contribution in [2.24, 2.45) is 0 Å². The Kier molecular flexibility index (Phi) is 4.27. The minimum Gasteiger partial charge on any atom is -0.335 e. The summed E-state index contributed by atoms with van der Waals surface area (Å²) in [6.45, 7) is 2.35. The van der Waals surface area contributed by atoms with Crippen molar-refractivity contribution in [2.75, 3.05) is 26.2 Å². The van der Waals surface area contributed by atoms with E-state index in [-0.39, 0.29) is 11.8 Å². The summed E-state index contributed by atoms with van der Waals surface area (Å²) in [5, 5.41) is 0. The van der Waals surface area contributed by atoms with Gasteiger partial charge < -0.3 is 9.80 Å². The van der Waals surface area contributed by atoms with E-state index < -0.39 is 0 Å². The molecule has 1 heterocycles. The minimum atomic E-state index is 0.0494. The second kappa shape index (κ2) is 6.93. The van der Waals surface area contributed by atoms with E-state index in [4.69, 9.17) is 0 Å². The Morgan fingerprint density at radius 3 is 2.32 bits per heavy atom. The number of amides is 2. The van der Waals surface area contributed by atoms with Gasteiger partial charge in [0.05, 0.1) is 0 Å². The Labute approximate surface area is 165 Å². The first kappa shape index (κ1) is 17.2. The lowest BCUT2D eigenvalue weighted by atomic mass is 9.86. The van der Waals surface area contributed by atoms with Crippen LogP contribution in [0.4, 0.5) is 0 Å². The fourth-order valence-electron chi connectivity index (χ4n) is 4.86. The van der Waals surface area contributed by atoms with Crippen LogP contribution in [-0.2, 0) is 12.8 Å². The number of carbonyl (C=O) groups is 2. The van der Waals surface area contributed by atoms with Gasteiger partial charge in [0.1, 0.15) is 0 Å². The average molecular weight is 372 g/mol. The molecule has 2 amide bonds. The molecule has 142 valence electrons. The number of benzene rings is 2. The molecule has 1 unspecified atom stereocenters. The summed E-state index contributed by atoms with van der Waals surface area (Å²) in [5.74, 6) is 0.658. The van der Waals surface area contributed by atoms with E-state index in [1.807, 2.05) is 46.2 Å². The van der Waals surface area contributed by atoms with Gasteiger partial charge in [-0.05, 0) is 54.2 Å². The van der Waals surface area contributed by atoms with Crippen LogP contribution in [0.15, 0.2) is 54.6 Å². The monoisotopic (exact) mass is 372 g/mol. The van der Waals surface area contributed by atoms with Gasteiger partial charge in [0, 0.05) is 43.2 Å². The van der Waals surface area contributed by atoms with Crippen molar-refractivity contribution in [1.29, 1.82) is 0 Å². The van der Waals surface area contributed by atoms with Gasteiger partial charge in [0.15, 0.2) is 0 Å². The normalized spacial score (nSPS) is 20.2. The molecule has 0 spiro atoms. The Balaban J connectivity index is 1.31. The highest BCUT2D eigenvalue weighted by molar-refractivity contribution is 5.97. The summed E-state index contributed by atoms with van der Waals surface area (Å²) in [6.07, 6.45) is 7.66. The van der Waals surface area contributed by atoms with Gasteiger partial charge in [0.2, 0.25) is 0 Å². The molecule has 3 aliphatic rings. The highest BCUT2D eigenvalue weighted by atomic mass is 16.2. The number of carbonyl (C=O) groups excluding carboxylic acids is 2. The van der Waals surface area contributed by atoms with Crippen molar-refractivity contribution in [2.45, 2.75) is 25.2 Å². The lowest BCUT2D eigenvalue weighted by Crippen LogP contribution is -2.50. The predicted octanol–water partition coefficient (Wildman–Crippen LogP) is 3.43. The molecular weight excluding hydrogens is 348 g/mol. The molecule has 4 heteroatoms. The van der Waals surface area contributed by atoms with Crippen molar-refractivity contribution in [1.82, 2.24) is 9.80 Å². The Morgan fingerprint density at radius 1 is 0.857 bits per heavy atom. The number of allylic oxidation sites excluding steroid dienone is 2. The lowest BCUT2D eigenvalue weighted by molar-refractivity contribution is 0.0535. The molecule has 4 nitrogen and oxygen atoms in total. The summed E-state index contributed by atoms with van der Waals surface area (Å²) >= 11 is 0. The van der Waals surface area contributed by atoms with Crippen LogP contribution in [0.3, 0.4) is 0 Å². The molecule has 1 saturated heterocycles. The van der Waals surface area contributed by atoms with Crippen molar-refractivity contribution < 1.29 is 9.59 Å². The first-order chi connectivity index (χ1) is 13.7. The van der Waals surface area contributed by atoms with E-state index in [0.717, 1.165) is 24.8 Å². The fourth-order valence-corrected chi connectivity index (χ4v) is 4.86. The van der Waals surface area contributed by atoms with E-state index in [9.17, 15) is 9.59 Å². The van der Waals surface area contributed by atoms with Gasteiger partial charge in [0.25, 0.3) is 11.8 Å². The molecule has 0 aromatic heterocycles. The molecular formula is C24H24N2O2. The van der Waals surface area contributed by atoms with Crippen molar-refractivity contribution in [3.05, 3.63) is 82.4 Å². The van der Waals surface area contributed by atoms with Crippen LogP contribution in [0.25, 0.3) is 0 Å². The van der Waals surface area contributed by atoms with Crippen LogP contribution in [0, 0.1) is 0 Å². The SMILES string of the molecule is O=C(c1ccccc1)N1CCN(C(=O)c2ccc3c4c2CC=CC4CC3)CC1. The molecule has 2 aromatic carbocycles. The lowest BCUT2D eigenvalue weighted by Gasteiger charge is -2.35. The van der Waals surface area contributed by atoms with Crippen molar-refractivity contribution >= 4 is 11.8 Å². The Hall–Kier alpha value is -2.88. The third-order valence-corrected chi connectivity index (χ3v) is 6.34. The summed E-state index contributed by atoms with van der Waals surface area (Å²) in [4.78, 5) is 29.7. The van der Waals surface area contributed by atoms with Gasteiger partial charge in [-0.25, -0.2) is 0 Å². The third-order valence-electron chi connectivity index (χ3n) is 6.34. The average Bonchev–Trinajstić information content (AvgIpc) is 3.19. The number of hydrogen-bond donors (Lipinski definition) is 0. The molecule has 28 heavy (non-hydrogen) atoms. The zero-order valence-electron chi connectivity index (χ0n) is 15.9. The summed E-state index contributed by atoms with van der Waals surface area (Å²) in [7, 11) is 0. The van der Waals surface area contributed by atoms with Gasteiger partial charge in [-0.2, -0.15) is 0 Å². The number of hydrogen-bond acceptors (Lipinski definition) is 2. The minimum absolute atomic E-state index is 0.0494. The topological polar surface area (TPSA) is 40.6 Å². The van der Waals surface area contributed by atoms with Crippen molar-refractivity contribution in [3.8, 4) is 0 Å². The van der Waals surface area contributed by atoms with Crippen LogP contribution in [0.5, 0.6) is 0 Å². The largest absolute Gasteiger partial charge is 0.335 e. The van der Waals surface area contributed by atoms with Gasteiger partial charge in [-0.15, -0.1) is 0 Å². The number of rotatable bonds is 2. The predicted molar refractivity (Wildman–Crippen MR) is 109 cm³/mol. The first-order valence-electron chi connectivity index (χ1n) is 10.2. The van der Waals surface area contributed by atoms with E-state index in [1.165, 1.54) is 16.7 Å². The smallest absolute Gasteiger partial charge is 0.254 e. The quantitative estimate of drug-likeness (QED) is 0.758. The number of aryl methyl sites for hydroxylation is 1. The molecule has 2 aliphatic carbocycles. The van der Waals surface area contributed by atoms with Crippen LogP contribution >= 0.6 is 0 Å². The first-order valence-corrected chi connectivity index (χ1v) is 10.2. The Morgan fingerprint density at radius 2 is 1.57 bits per heavy atom. The number of piperazine rings is 1. The third kappa shape index (κ3) is 2.84. The van der Waals surface area contributed by atoms with Gasteiger partial charge in [-0.3, -0.25) is 9.59 Å². The van der Waals surface area contributed by atoms with Gasteiger partial charge in [-0.1, -0.05) is 36.4 Å². The van der Waals surface area contributed by atoms with Gasteiger partial charge >= 0.3 is 0 Å². The molecule has 0 bridgehead atoms. The standard InChI is InChI=1S/C24H24N2O2/c27-23(19-5-2-1-3-6-19)25-13-15-26(16-14-25)24(28)21-12-11-18-10-9-17-7-4-8-20(21)22(17)18/h1-7,11-12,17H,8-10,13-16H2. The second-order valence-corrected chi connectivity index (χ2v) is 7.89. The Bertz CT molecular complexity index is 956. The van der Waals surface area contributed by atoms with E-state index in [1.54, 1.807) is 0 Å². The van der Waals surface area contributed by atoms with Crippen molar-refractivity contribution in [3.63, 3.8) is 0 Å². The van der Waals surface area contributed by atoms with E-state index >= 15 is 0 Å². The molecule has 1 aliphatic heterocycles. The maximum atomic E-state index is 13.3. The highest BCUT2D eigenvalue weighted by Crippen LogP contribution is 2.41. The fraction of sp³-hybridized carbons (Fsp3) is 0.333. The zero-order chi connectivity index (χ0) is 19.1.